The van der Waals surface area contributed by atoms with E-state index in [1.165, 1.54) is 31.3 Å². The first kappa shape index (κ1) is 25.0. The van der Waals surface area contributed by atoms with E-state index in [0.717, 1.165) is 0 Å². The lowest BCUT2D eigenvalue weighted by molar-refractivity contribution is -0.131. The summed E-state index contributed by atoms with van der Waals surface area (Å²) in [6, 6.07) is 10.4. The molecule has 7 heteroatoms. The van der Waals surface area contributed by atoms with Crippen LogP contribution in [0.3, 0.4) is 0 Å². The van der Waals surface area contributed by atoms with Gasteiger partial charge in [-0.1, -0.05) is 32.9 Å². The first-order chi connectivity index (χ1) is 14.8. The number of aromatic hydroxyl groups is 1. The van der Waals surface area contributed by atoms with E-state index in [1.54, 1.807) is 51.1 Å². The number of carbonyl (C=O) groups is 2. The number of amides is 2. The van der Waals surface area contributed by atoms with E-state index in [0.29, 0.717) is 22.7 Å². The van der Waals surface area contributed by atoms with Crippen molar-refractivity contribution in [1.82, 2.24) is 5.32 Å². The van der Waals surface area contributed by atoms with Crippen LogP contribution in [-0.2, 0) is 9.59 Å². The Labute approximate surface area is 190 Å². The molecule has 2 N–H and O–H groups in total. The predicted octanol–water partition coefficient (Wildman–Crippen LogP) is 4.44. The molecule has 0 bridgehead atoms. The molecule has 0 aliphatic rings. The van der Waals surface area contributed by atoms with Gasteiger partial charge in [0.25, 0.3) is 0 Å². The standard InChI is InChI=1S/C25H34N2O5/c1-24(2,3)23(30)27(17-11-14-19(31-7)20(15-17)32-8)21(22(29)26-25(4,5)6)16-9-12-18(28)13-10-16/h9-15,21,28H,1-8H3,(H,26,29). The number of hydrogen-bond donors (Lipinski definition) is 2. The third-order valence-electron chi connectivity index (χ3n) is 4.72. The zero-order valence-electron chi connectivity index (χ0n) is 20.1. The van der Waals surface area contributed by atoms with Gasteiger partial charge in [-0.25, -0.2) is 0 Å². The number of phenols is 1. The van der Waals surface area contributed by atoms with Gasteiger partial charge < -0.3 is 19.9 Å². The normalized spacial score (nSPS) is 12.6. The third kappa shape index (κ3) is 5.93. The fourth-order valence-electron chi connectivity index (χ4n) is 3.23. The number of nitrogens with one attached hydrogen (secondary N) is 1. The Kier molecular flexibility index (Phi) is 7.44. The van der Waals surface area contributed by atoms with Crippen molar-refractivity contribution in [3.63, 3.8) is 0 Å². The Morgan fingerprint density at radius 2 is 1.47 bits per heavy atom. The summed E-state index contributed by atoms with van der Waals surface area (Å²) >= 11 is 0. The van der Waals surface area contributed by atoms with Crippen molar-refractivity contribution in [3.8, 4) is 17.2 Å². The Bertz CT molecular complexity index is 956. The molecule has 32 heavy (non-hydrogen) atoms. The van der Waals surface area contributed by atoms with E-state index in [2.05, 4.69) is 5.32 Å². The van der Waals surface area contributed by atoms with Crippen LogP contribution >= 0.6 is 0 Å². The fourth-order valence-corrected chi connectivity index (χ4v) is 3.23. The number of ether oxygens (including phenoxy) is 2. The van der Waals surface area contributed by atoms with Crippen molar-refractivity contribution in [1.29, 1.82) is 0 Å². The van der Waals surface area contributed by atoms with E-state index in [9.17, 15) is 14.7 Å². The number of anilines is 1. The Morgan fingerprint density at radius 1 is 0.906 bits per heavy atom. The number of benzene rings is 2. The van der Waals surface area contributed by atoms with Gasteiger partial charge in [0.05, 0.1) is 14.2 Å². The summed E-state index contributed by atoms with van der Waals surface area (Å²) in [5, 5.41) is 12.8. The molecule has 0 radical (unpaired) electrons. The minimum absolute atomic E-state index is 0.0727. The van der Waals surface area contributed by atoms with Crippen LogP contribution in [0.25, 0.3) is 0 Å². The maximum atomic E-state index is 13.7. The molecule has 7 nitrogen and oxygen atoms in total. The fraction of sp³-hybridized carbons (Fsp3) is 0.440. The minimum Gasteiger partial charge on any atom is -0.508 e. The smallest absolute Gasteiger partial charge is 0.248 e. The number of carbonyl (C=O) groups excluding carboxylic acids is 2. The van der Waals surface area contributed by atoms with Gasteiger partial charge in [-0.15, -0.1) is 0 Å². The number of phenolic OH excluding ortho intramolecular Hbond substituents is 1. The van der Waals surface area contributed by atoms with E-state index >= 15 is 0 Å². The quantitative estimate of drug-likeness (QED) is 0.690. The summed E-state index contributed by atoms with van der Waals surface area (Å²) in [5.41, 5.74) is -0.230. The van der Waals surface area contributed by atoms with Crippen molar-refractivity contribution < 1.29 is 24.2 Å². The van der Waals surface area contributed by atoms with Gasteiger partial charge in [0, 0.05) is 22.7 Å². The van der Waals surface area contributed by atoms with Crippen LogP contribution in [0.15, 0.2) is 42.5 Å². The predicted molar refractivity (Wildman–Crippen MR) is 125 cm³/mol. The molecule has 1 atom stereocenters. The molecule has 2 aromatic carbocycles. The first-order valence-electron chi connectivity index (χ1n) is 10.4. The molecule has 0 aromatic heterocycles. The third-order valence-corrected chi connectivity index (χ3v) is 4.72. The van der Waals surface area contributed by atoms with Gasteiger partial charge in [-0.2, -0.15) is 0 Å². The second kappa shape index (κ2) is 9.51. The van der Waals surface area contributed by atoms with Gasteiger partial charge >= 0.3 is 0 Å². The summed E-state index contributed by atoms with van der Waals surface area (Å²) in [5.74, 6) is 0.447. The Hall–Kier alpha value is -3.22. The maximum Gasteiger partial charge on any atom is 0.248 e. The molecule has 2 rings (SSSR count). The molecule has 2 amide bonds. The number of nitrogens with zero attached hydrogens (tertiary/aromatic N) is 1. The number of methoxy groups -OCH3 is 2. The highest BCUT2D eigenvalue weighted by atomic mass is 16.5. The Morgan fingerprint density at radius 3 is 1.94 bits per heavy atom. The molecule has 0 heterocycles. The van der Waals surface area contributed by atoms with Gasteiger partial charge in [-0.05, 0) is 50.6 Å². The summed E-state index contributed by atoms with van der Waals surface area (Å²) < 4.78 is 10.8. The maximum absolute atomic E-state index is 13.7. The lowest BCUT2D eigenvalue weighted by atomic mass is 9.91. The Balaban J connectivity index is 2.75. The van der Waals surface area contributed by atoms with Crippen molar-refractivity contribution >= 4 is 17.5 Å². The average molecular weight is 443 g/mol. The second-order valence-electron chi connectivity index (χ2n) is 9.70. The van der Waals surface area contributed by atoms with Crippen LogP contribution in [0.1, 0.15) is 53.1 Å². The minimum atomic E-state index is -0.973. The average Bonchev–Trinajstić information content (AvgIpc) is 2.69. The number of rotatable bonds is 6. The van der Waals surface area contributed by atoms with Crippen LogP contribution in [0.4, 0.5) is 5.69 Å². The lowest BCUT2D eigenvalue weighted by Crippen LogP contribution is -2.51. The van der Waals surface area contributed by atoms with E-state index < -0.39 is 17.0 Å². The van der Waals surface area contributed by atoms with E-state index in [4.69, 9.17) is 9.47 Å². The van der Waals surface area contributed by atoms with Crippen LogP contribution in [0.2, 0.25) is 0 Å². The summed E-state index contributed by atoms with van der Waals surface area (Å²) in [6.07, 6.45) is 0. The van der Waals surface area contributed by atoms with Crippen molar-refractivity contribution in [2.45, 2.75) is 53.1 Å². The molecule has 1 unspecified atom stereocenters. The molecule has 0 aliphatic carbocycles. The highest BCUT2D eigenvalue weighted by molar-refractivity contribution is 6.03. The molecular weight excluding hydrogens is 408 g/mol. The molecule has 0 aliphatic heterocycles. The van der Waals surface area contributed by atoms with Crippen molar-refractivity contribution in [3.05, 3.63) is 48.0 Å². The van der Waals surface area contributed by atoms with Crippen LogP contribution in [0, 0.1) is 5.41 Å². The van der Waals surface area contributed by atoms with E-state index in [1.807, 2.05) is 20.8 Å². The van der Waals surface area contributed by atoms with Gasteiger partial charge in [0.2, 0.25) is 11.8 Å². The van der Waals surface area contributed by atoms with Gasteiger partial charge in [0.15, 0.2) is 11.5 Å². The largest absolute Gasteiger partial charge is 0.508 e. The summed E-state index contributed by atoms with van der Waals surface area (Å²) in [6.45, 7) is 11.1. The second-order valence-corrected chi connectivity index (χ2v) is 9.70. The van der Waals surface area contributed by atoms with Crippen LogP contribution in [0.5, 0.6) is 17.2 Å². The van der Waals surface area contributed by atoms with Crippen molar-refractivity contribution in [2.24, 2.45) is 5.41 Å². The first-order valence-corrected chi connectivity index (χ1v) is 10.4. The zero-order chi connectivity index (χ0) is 24.3. The highest BCUT2D eigenvalue weighted by Gasteiger charge is 2.39. The molecule has 2 aromatic rings. The SMILES string of the molecule is COc1ccc(N(C(=O)C(C)(C)C)C(C(=O)NC(C)(C)C)c2ccc(O)cc2)cc1OC. The lowest BCUT2D eigenvalue weighted by Gasteiger charge is -2.37. The zero-order valence-corrected chi connectivity index (χ0v) is 20.1. The molecule has 0 saturated carbocycles. The highest BCUT2D eigenvalue weighted by Crippen LogP contribution is 2.38. The monoisotopic (exact) mass is 442 g/mol. The van der Waals surface area contributed by atoms with Crippen LogP contribution in [-0.4, -0.2) is 36.7 Å². The molecule has 174 valence electrons. The molecule has 0 saturated heterocycles. The summed E-state index contributed by atoms with van der Waals surface area (Å²) in [7, 11) is 3.05. The van der Waals surface area contributed by atoms with Gasteiger partial charge in [0.1, 0.15) is 11.8 Å². The van der Waals surface area contributed by atoms with Gasteiger partial charge in [-0.3, -0.25) is 14.5 Å². The molecule has 0 spiro atoms. The number of hydrogen-bond acceptors (Lipinski definition) is 5. The molecule has 0 fully saturated rings. The molecular formula is C25H34N2O5. The summed E-state index contributed by atoms with van der Waals surface area (Å²) in [4.78, 5) is 28.7. The van der Waals surface area contributed by atoms with Crippen LogP contribution < -0.4 is 19.7 Å². The van der Waals surface area contributed by atoms with E-state index in [-0.39, 0.29) is 17.6 Å². The van der Waals surface area contributed by atoms with Crippen molar-refractivity contribution in [2.75, 3.05) is 19.1 Å². The topological polar surface area (TPSA) is 88.1 Å².